The van der Waals surface area contributed by atoms with Gasteiger partial charge < -0.3 is 20.5 Å². The minimum Gasteiger partial charge on any atom is -0.493 e. The maximum Gasteiger partial charge on any atom is 0.161 e. The first-order chi connectivity index (χ1) is 22.6. The molecule has 0 bridgehead atoms. The third-order valence-electron chi connectivity index (χ3n) is 10.4. The molecule has 0 saturated carbocycles. The predicted molar refractivity (Wildman–Crippen MR) is 188 cm³/mol. The van der Waals surface area contributed by atoms with Gasteiger partial charge in [0.05, 0.1) is 19.8 Å². The summed E-state index contributed by atoms with van der Waals surface area (Å²) in [7, 11) is 3.34. The Labute approximate surface area is 279 Å². The molecule has 248 valence electrons. The fourth-order valence-electron chi connectivity index (χ4n) is 7.64. The number of carbonyl (C=O) groups is 1. The van der Waals surface area contributed by atoms with Crippen molar-refractivity contribution in [3.8, 4) is 11.5 Å². The Bertz CT molecular complexity index is 1590. The third kappa shape index (κ3) is 7.29. The SMILES string of the molecule is COc1cc2c(cc1OC)C(C)(C(N)CCC(CCCC(=O)C(C)c1ccc(F)cc1)(c1ccccc1)c1ccccc1)NC(C)C2. The second-order valence-corrected chi connectivity index (χ2v) is 13.4. The van der Waals surface area contributed by atoms with Crippen molar-refractivity contribution in [3.63, 3.8) is 0 Å². The van der Waals surface area contributed by atoms with Gasteiger partial charge in [0.1, 0.15) is 11.6 Å². The van der Waals surface area contributed by atoms with Gasteiger partial charge in [-0.05, 0) is 98.0 Å². The van der Waals surface area contributed by atoms with E-state index >= 15 is 0 Å². The van der Waals surface area contributed by atoms with Crippen LogP contribution >= 0.6 is 0 Å². The highest BCUT2D eigenvalue weighted by atomic mass is 19.1. The van der Waals surface area contributed by atoms with E-state index in [0.29, 0.717) is 12.2 Å². The highest BCUT2D eigenvalue weighted by Crippen LogP contribution is 2.45. The number of ether oxygens (including phenoxy) is 2. The van der Waals surface area contributed by atoms with E-state index in [2.05, 4.69) is 79.8 Å². The number of methoxy groups -OCH3 is 2. The molecule has 0 radical (unpaired) electrons. The summed E-state index contributed by atoms with van der Waals surface area (Å²) >= 11 is 0. The molecule has 1 heterocycles. The molecule has 0 saturated heterocycles. The van der Waals surface area contributed by atoms with Crippen molar-refractivity contribution in [2.45, 2.75) is 88.3 Å². The average Bonchev–Trinajstić information content (AvgIpc) is 3.09. The molecular formula is C41H49FN2O3. The summed E-state index contributed by atoms with van der Waals surface area (Å²) in [5.41, 5.74) is 12.1. The van der Waals surface area contributed by atoms with Gasteiger partial charge in [-0.3, -0.25) is 4.79 Å². The summed E-state index contributed by atoms with van der Waals surface area (Å²) in [4.78, 5) is 13.4. The maximum absolute atomic E-state index is 13.5. The van der Waals surface area contributed by atoms with Gasteiger partial charge in [0.2, 0.25) is 0 Å². The molecule has 47 heavy (non-hydrogen) atoms. The van der Waals surface area contributed by atoms with Crippen molar-refractivity contribution in [1.82, 2.24) is 5.32 Å². The smallest absolute Gasteiger partial charge is 0.161 e. The van der Waals surface area contributed by atoms with E-state index in [1.165, 1.54) is 28.8 Å². The molecule has 1 aliphatic rings. The Morgan fingerprint density at radius 2 is 1.51 bits per heavy atom. The second kappa shape index (κ2) is 14.8. The van der Waals surface area contributed by atoms with Crippen molar-refractivity contribution >= 4 is 5.78 Å². The number of benzene rings is 4. The van der Waals surface area contributed by atoms with Crippen LogP contribution in [0, 0.1) is 5.82 Å². The molecule has 4 unspecified atom stereocenters. The van der Waals surface area contributed by atoms with Gasteiger partial charge in [0.25, 0.3) is 0 Å². The van der Waals surface area contributed by atoms with Gasteiger partial charge in [0, 0.05) is 29.8 Å². The van der Waals surface area contributed by atoms with E-state index in [0.717, 1.165) is 49.0 Å². The van der Waals surface area contributed by atoms with Crippen molar-refractivity contribution in [1.29, 1.82) is 0 Å². The zero-order valence-electron chi connectivity index (χ0n) is 28.4. The number of hydrogen-bond acceptors (Lipinski definition) is 5. The lowest BCUT2D eigenvalue weighted by Crippen LogP contribution is -2.59. The summed E-state index contributed by atoms with van der Waals surface area (Å²) in [6.45, 7) is 6.32. The number of hydrogen-bond donors (Lipinski definition) is 2. The summed E-state index contributed by atoms with van der Waals surface area (Å²) < 4.78 is 24.9. The quantitative estimate of drug-likeness (QED) is 0.146. The van der Waals surface area contributed by atoms with Crippen molar-refractivity contribution in [3.05, 3.63) is 131 Å². The van der Waals surface area contributed by atoms with Crippen LogP contribution in [0.1, 0.15) is 86.6 Å². The van der Waals surface area contributed by atoms with E-state index < -0.39 is 5.54 Å². The molecule has 3 N–H and O–H groups in total. The molecule has 1 aliphatic heterocycles. The molecule has 0 spiro atoms. The van der Waals surface area contributed by atoms with Crippen LogP contribution in [0.25, 0.3) is 0 Å². The number of rotatable bonds is 14. The highest BCUT2D eigenvalue weighted by molar-refractivity contribution is 5.85. The van der Waals surface area contributed by atoms with Crippen LogP contribution in [0.5, 0.6) is 11.5 Å². The molecule has 4 aromatic carbocycles. The standard InChI is InChI=1S/C41H49FN2O3/c1-28-25-31-26-37(46-4)38(47-5)27-35(31)40(3,44-28)39(43)22-24-41(32-13-8-6-9-14-32,33-15-10-7-11-16-33)23-12-17-36(45)29(2)30-18-20-34(42)21-19-30/h6-11,13-16,18-21,26-29,39,44H,12,17,22-25,43H2,1-5H3. The molecular weight excluding hydrogens is 587 g/mol. The Morgan fingerprint density at radius 1 is 0.936 bits per heavy atom. The zero-order valence-corrected chi connectivity index (χ0v) is 28.4. The summed E-state index contributed by atoms with van der Waals surface area (Å²) in [6.07, 6.45) is 4.37. The zero-order chi connectivity index (χ0) is 33.6. The molecule has 0 aliphatic carbocycles. The van der Waals surface area contributed by atoms with Crippen molar-refractivity contribution in [2.75, 3.05) is 14.2 Å². The normalized spacial score (nSPS) is 19.0. The predicted octanol–water partition coefficient (Wildman–Crippen LogP) is 8.23. The van der Waals surface area contributed by atoms with E-state index in [9.17, 15) is 9.18 Å². The monoisotopic (exact) mass is 636 g/mol. The van der Waals surface area contributed by atoms with Crippen molar-refractivity contribution in [2.24, 2.45) is 5.73 Å². The molecule has 6 heteroatoms. The number of carbonyl (C=O) groups excluding carboxylic acids is 1. The van der Waals surface area contributed by atoms with E-state index in [-0.39, 0.29) is 35.0 Å². The summed E-state index contributed by atoms with van der Waals surface area (Å²) in [6, 6.07) is 31.8. The summed E-state index contributed by atoms with van der Waals surface area (Å²) in [5.74, 6) is 1.01. The first-order valence-corrected chi connectivity index (χ1v) is 16.8. The van der Waals surface area contributed by atoms with Gasteiger partial charge in [0.15, 0.2) is 11.5 Å². The Morgan fingerprint density at radius 3 is 2.09 bits per heavy atom. The number of halogens is 1. The average molecular weight is 637 g/mol. The van der Waals surface area contributed by atoms with Gasteiger partial charge in [-0.15, -0.1) is 0 Å². The van der Waals surface area contributed by atoms with Gasteiger partial charge >= 0.3 is 0 Å². The van der Waals surface area contributed by atoms with Gasteiger partial charge in [-0.25, -0.2) is 4.39 Å². The largest absolute Gasteiger partial charge is 0.493 e. The number of nitrogens with two attached hydrogens (primary N) is 1. The first-order valence-electron chi connectivity index (χ1n) is 16.8. The molecule has 4 aromatic rings. The molecule has 0 amide bonds. The number of Topliss-reactive ketones (excluding diaryl/α,β-unsaturated/α-hetero) is 1. The first kappa shape index (κ1) is 34.3. The second-order valence-electron chi connectivity index (χ2n) is 13.4. The molecule has 0 aromatic heterocycles. The fourth-order valence-corrected chi connectivity index (χ4v) is 7.64. The lowest BCUT2D eigenvalue weighted by molar-refractivity contribution is -0.120. The van der Waals surface area contributed by atoms with E-state index in [1.54, 1.807) is 26.4 Å². The van der Waals surface area contributed by atoms with Crippen LogP contribution in [0.2, 0.25) is 0 Å². The topological polar surface area (TPSA) is 73.6 Å². The Kier molecular flexibility index (Phi) is 10.8. The number of fused-ring (bicyclic) bond motifs is 1. The van der Waals surface area contributed by atoms with Crippen LogP contribution < -0.4 is 20.5 Å². The van der Waals surface area contributed by atoms with Crippen LogP contribution in [0.3, 0.4) is 0 Å². The molecule has 5 nitrogen and oxygen atoms in total. The third-order valence-corrected chi connectivity index (χ3v) is 10.4. The van der Waals surface area contributed by atoms with E-state index in [4.69, 9.17) is 15.2 Å². The molecule has 5 rings (SSSR count). The highest BCUT2D eigenvalue weighted by Gasteiger charge is 2.42. The van der Waals surface area contributed by atoms with Gasteiger partial charge in [-0.2, -0.15) is 0 Å². The lowest BCUT2D eigenvalue weighted by Gasteiger charge is -2.46. The molecule has 4 atom stereocenters. The Hall–Kier alpha value is -4.00. The maximum atomic E-state index is 13.5. The molecule has 0 fully saturated rings. The van der Waals surface area contributed by atoms with Crippen LogP contribution in [0.4, 0.5) is 4.39 Å². The Balaban J connectivity index is 1.45. The summed E-state index contributed by atoms with van der Waals surface area (Å²) in [5, 5.41) is 3.85. The van der Waals surface area contributed by atoms with Crippen LogP contribution in [0.15, 0.2) is 97.1 Å². The van der Waals surface area contributed by atoms with Crippen LogP contribution in [-0.4, -0.2) is 32.1 Å². The number of ketones is 1. The van der Waals surface area contributed by atoms with Gasteiger partial charge in [-0.1, -0.05) is 79.7 Å². The minimum atomic E-state index is -0.494. The van der Waals surface area contributed by atoms with E-state index in [1.807, 2.05) is 19.1 Å². The van der Waals surface area contributed by atoms with Crippen molar-refractivity contribution < 1.29 is 18.7 Å². The fraction of sp³-hybridized carbons (Fsp3) is 0.390. The minimum absolute atomic E-state index is 0.164. The lowest BCUT2D eigenvalue weighted by atomic mass is 9.66. The number of nitrogens with one attached hydrogen (secondary N) is 1. The van der Waals surface area contributed by atoms with Crippen LogP contribution in [-0.2, 0) is 22.2 Å².